The zero-order valence-electron chi connectivity index (χ0n) is 11.8. The first kappa shape index (κ1) is 15.1. The van der Waals surface area contributed by atoms with Crippen LogP contribution in [0.4, 0.5) is 5.69 Å². The van der Waals surface area contributed by atoms with E-state index in [-0.39, 0.29) is 0 Å². The van der Waals surface area contributed by atoms with Crippen molar-refractivity contribution in [3.63, 3.8) is 0 Å². The molecule has 108 valence electrons. The third-order valence-electron chi connectivity index (χ3n) is 3.78. The second kappa shape index (κ2) is 6.44. The molecule has 1 aliphatic rings. The highest BCUT2D eigenvalue weighted by atomic mass is 79.9. The number of hydrogen-bond acceptors (Lipinski definition) is 2. The largest absolute Gasteiger partial charge is 0.478 e. The van der Waals surface area contributed by atoms with Gasteiger partial charge in [-0.3, -0.25) is 0 Å². The minimum absolute atomic E-state index is 0.529. The Morgan fingerprint density at radius 3 is 2.90 bits per heavy atom. The summed E-state index contributed by atoms with van der Waals surface area (Å²) in [6.45, 7) is 5.52. The molecular formula is C16H20BrNO2. The molecule has 1 saturated heterocycles. The maximum absolute atomic E-state index is 10.7. The Morgan fingerprint density at radius 2 is 2.25 bits per heavy atom. The Labute approximate surface area is 128 Å². The molecule has 0 saturated carbocycles. The third kappa shape index (κ3) is 3.42. The lowest BCUT2D eigenvalue weighted by molar-refractivity contribution is -0.131. The van der Waals surface area contributed by atoms with Gasteiger partial charge >= 0.3 is 5.97 Å². The molecule has 4 heteroatoms. The summed E-state index contributed by atoms with van der Waals surface area (Å²) in [7, 11) is 0. The van der Waals surface area contributed by atoms with Crippen molar-refractivity contribution in [1.29, 1.82) is 0 Å². The van der Waals surface area contributed by atoms with E-state index in [0.717, 1.165) is 22.3 Å². The maximum Gasteiger partial charge on any atom is 0.328 e. The number of carboxylic acid groups (broad SMARTS) is 1. The van der Waals surface area contributed by atoms with Crippen molar-refractivity contribution in [3.8, 4) is 0 Å². The van der Waals surface area contributed by atoms with Gasteiger partial charge in [0.15, 0.2) is 0 Å². The average Bonchev–Trinajstić information content (AvgIpc) is 2.86. The van der Waals surface area contributed by atoms with Gasteiger partial charge in [0.2, 0.25) is 0 Å². The molecule has 2 rings (SSSR count). The lowest BCUT2D eigenvalue weighted by atomic mass is 10.0. The zero-order valence-corrected chi connectivity index (χ0v) is 13.4. The van der Waals surface area contributed by atoms with Crippen LogP contribution in [-0.2, 0) is 4.79 Å². The number of nitrogens with zero attached hydrogens (tertiary/aromatic N) is 1. The van der Waals surface area contributed by atoms with Crippen LogP contribution in [0.1, 0.15) is 32.3 Å². The van der Waals surface area contributed by atoms with Crippen molar-refractivity contribution in [2.24, 2.45) is 5.92 Å². The van der Waals surface area contributed by atoms with Crippen molar-refractivity contribution in [2.45, 2.75) is 32.7 Å². The van der Waals surface area contributed by atoms with Crippen LogP contribution < -0.4 is 4.90 Å². The quantitative estimate of drug-likeness (QED) is 0.838. The molecule has 1 aliphatic heterocycles. The highest BCUT2D eigenvalue weighted by Crippen LogP contribution is 2.34. The monoisotopic (exact) mass is 337 g/mol. The number of benzene rings is 1. The van der Waals surface area contributed by atoms with E-state index in [1.54, 1.807) is 6.08 Å². The summed E-state index contributed by atoms with van der Waals surface area (Å²) >= 11 is 3.51. The van der Waals surface area contributed by atoms with Crippen molar-refractivity contribution in [2.75, 3.05) is 11.4 Å². The van der Waals surface area contributed by atoms with E-state index < -0.39 is 5.97 Å². The highest BCUT2D eigenvalue weighted by molar-refractivity contribution is 9.10. The summed E-state index contributed by atoms with van der Waals surface area (Å²) in [6, 6.07) is 6.53. The van der Waals surface area contributed by atoms with E-state index >= 15 is 0 Å². The first-order valence-corrected chi connectivity index (χ1v) is 7.75. The van der Waals surface area contributed by atoms with E-state index in [9.17, 15) is 4.79 Å². The van der Waals surface area contributed by atoms with Gasteiger partial charge < -0.3 is 10.0 Å². The van der Waals surface area contributed by atoms with Crippen molar-refractivity contribution in [3.05, 3.63) is 34.3 Å². The van der Waals surface area contributed by atoms with Gasteiger partial charge in [0, 0.05) is 28.8 Å². The summed E-state index contributed by atoms with van der Waals surface area (Å²) in [4.78, 5) is 13.1. The fourth-order valence-corrected chi connectivity index (χ4v) is 3.20. The van der Waals surface area contributed by atoms with Crippen LogP contribution in [-0.4, -0.2) is 23.7 Å². The van der Waals surface area contributed by atoms with E-state index in [0.29, 0.717) is 12.0 Å². The van der Waals surface area contributed by atoms with Gasteiger partial charge in [0.1, 0.15) is 0 Å². The SMILES string of the molecule is CC(C)C1CCCN1c1cc(Br)ccc1C=CC(=O)O. The fourth-order valence-electron chi connectivity index (χ4n) is 2.85. The standard InChI is InChI=1S/C16H20BrNO2/c1-11(2)14-4-3-9-18(14)15-10-13(17)7-5-12(15)6-8-16(19)20/h5-8,10-11,14H,3-4,9H2,1-2H3,(H,19,20). The van der Waals surface area contributed by atoms with Crippen LogP contribution in [0.3, 0.4) is 0 Å². The van der Waals surface area contributed by atoms with Crippen molar-refractivity contribution >= 4 is 33.7 Å². The molecule has 1 heterocycles. The zero-order chi connectivity index (χ0) is 14.7. The van der Waals surface area contributed by atoms with Crippen LogP contribution >= 0.6 is 15.9 Å². The molecule has 3 nitrogen and oxygen atoms in total. The number of rotatable bonds is 4. The Morgan fingerprint density at radius 1 is 1.50 bits per heavy atom. The molecule has 1 aromatic rings. The van der Waals surface area contributed by atoms with Crippen LogP contribution in [0.15, 0.2) is 28.7 Å². The second-order valence-corrected chi connectivity index (χ2v) is 6.44. The van der Waals surface area contributed by atoms with Gasteiger partial charge in [-0.25, -0.2) is 4.79 Å². The number of carboxylic acids is 1. The third-order valence-corrected chi connectivity index (χ3v) is 4.27. The first-order valence-electron chi connectivity index (χ1n) is 6.96. The lowest BCUT2D eigenvalue weighted by Crippen LogP contribution is -2.33. The normalized spacial score (nSPS) is 19.2. The molecular weight excluding hydrogens is 318 g/mol. The Hall–Kier alpha value is -1.29. The van der Waals surface area contributed by atoms with Gasteiger partial charge in [-0.05, 0) is 42.5 Å². The van der Waals surface area contributed by atoms with Gasteiger partial charge in [0.25, 0.3) is 0 Å². The molecule has 0 aliphatic carbocycles. The van der Waals surface area contributed by atoms with E-state index in [2.05, 4.69) is 40.7 Å². The number of aliphatic carboxylic acids is 1. The number of hydrogen-bond donors (Lipinski definition) is 1. The number of carbonyl (C=O) groups is 1. The molecule has 1 aromatic carbocycles. The Bertz CT molecular complexity index is 525. The van der Waals surface area contributed by atoms with Crippen LogP contribution in [0.25, 0.3) is 6.08 Å². The van der Waals surface area contributed by atoms with Crippen molar-refractivity contribution < 1.29 is 9.90 Å². The topological polar surface area (TPSA) is 40.5 Å². The maximum atomic E-state index is 10.7. The molecule has 1 atom stereocenters. The molecule has 0 amide bonds. The van der Waals surface area contributed by atoms with E-state index in [1.165, 1.54) is 18.9 Å². The molecule has 0 spiro atoms. The van der Waals surface area contributed by atoms with Gasteiger partial charge in [-0.1, -0.05) is 35.8 Å². The predicted octanol–water partition coefficient (Wildman–Crippen LogP) is 4.17. The summed E-state index contributed by atoms with van der Waals surface area (Å²) in [5.74, 6) is -0.325. The molecule has 0 bridgehead atoms. The summed E-state index contributed by atoms with van der Waals surface area (Å²) in [5.41, 5.74) is 2.08. The summed E-state index contributed by atoms with van der Waals surface area (Å²) in [5, 5.41) is 8.82. The smallest absolute Gasteiger partial charge is 0.328 e. The highest BCUT2D eigenvalue weighted by Gasteiger charge is 2.28. The van der Waals surface area contributed by atoms with Gasteiger partial charge in [0.05, 0.1) is 0 Å². The van der Waals surface area contributed by atoms with Crippen LogP contribution in [0.2, 0.25) is 0 Å². The van der Waals surface area contributed by atoms with Crippen LogP contribution in [0, 0.1) is 5.92 Å². The Kier molecular flexibility index (Phi) is 4.86. The second-order valence-electron chi connectivity index (χ2n) is 5.52. The van der Waals surface area contributed by atoms with Gasteiger partial charge in [-0.2, -0.15) is 0 Å². The first-order chi connectivity index (χ1) is 9.49. The molecule has 1 fully saturated rings. The van der Waals surface area contributed by atoms with Gasteiger partial charge in [-0.15, -0.1) is 0 Å². The van der Waals surface area contributed by atoms with Crippen molar-refractivity contribution in [1.82, 2.24) is 0 Å². The number of halogens is 1. The molecule has 0 radical (unpaired) electrons. The van der Waals surface area contributed by atoms with Crippen LogP contribution in [0.5, 0.6) is 0 Å². The fraction of sp³-hybridized carbons (Fsp3) is 0.438. The Balaban J connectivity index is 2.38. The van der Waals surface area contributed by atoms with E-state index in [1.807, 2.05) is 12.1 Å². The summed E-state index contributed by atoms with van der Waals surface area (Å²) in [6.07, 6.45) is 5.27. The molecule has 20 heavy (non-hydrogen) atoms. The molecule has 0 aromatic heterocycles. The number of anilines is 1. The van der Waals surface area contributed by atoms with E-state index in [4.69, 9.17) is 5.11 Å². The minimum atomic E-state index is -0.916. The minimum Gasteiger partial charge on any atom is -0.478 e. The summed E-state index contributed by atoms with van der Waals surface area (Å²) < 4.78 is 1.02. The average molecular weight is 338 g/mol. The molecule has 1 unspecified atom stereocenters. The predicted molar refractivity (Wildman–Crippen MR) is 86.0 cm³/mol. The molecule has 1 N–H and O–H groups in total. The lowest BCUT2D eigenvalue weighted by Gasteiger charge is -2.31.